The lowest BCUT2D eigenvalue weighted by Gasteiger charge is -2.32. The van der Waals surface area contributed by atoms with Gasteiger partial charge in [0.1, 0.15) is 0 Å². The van der Waals surface area contributed by atoms with Crippen LogP contribution in [0.15, 0.2) is 30.5 Å². The van der Waals surface area contributed by atoms with Gasteiger partial charge in [0.2, 0.25) is 0 Å². The number of carbonyl (C=O) groups excluding carboxylic acids is 1. The molecule has 6 heteroatoms. The van der Waals surface area contributed by atoms with Crippen molar-refractivity contribution < 1.29 is 4.79 Å². The molecule has 0 saturated carbocycles. The number of likely N-dealkylation sites (tertiary alicyclic amines) is 1. The highest BCUT2D eigenvalue weighted by atomic mass is 35.5. The van der Waals surface area contributed by atoms with Crippen LogP contribution in [-0.4, -0.2) is 47.3 Å². The summed E-state index contributed by atoms with van der Waals surface area (Å²) in [6.45, 7) is 4.65. The molecular formula is C19H25ClN4O. The molecule has 25 heavy (non-hydrogen) atoms. The zero-order valence-corrected chi connectivity index (χ0v) is 15.6. The molecule has 1 aromatic carbocycles. The van der Waals surface area contributed by atoms with E-state index >= 15 is 0 Å². The third kappa shape index (κ3) is 4.05. The molecule has 1 saturated heterocycles. The molecular weight excluding hydrogens is 336 g/mol. The summed E-state index contributed by atoms with van der Waals surface area (Å²) < 4.78 is 1.79. The first kappa shape index (κ1) is 18.0. The highest BCUT2D eigenvalue weighted by Gasteiger charge is 2.25. The number of aromatic nitrogens is 2. The minimum Gasteiger partial charge on any atom is -0.339 e. The molecule has 1 aliphatic rings. The maximum absolute atomic E-state index is 12.9. The summed E-state index contributed by atoms with van der Waals surface area (Å²) in [5.41, 5.74) is 2.46. The summed E-state index contributed by atoms with van der Waals surface area (Å²) in [7, 11) is 1.99. The van der Waals surface area contributed by atoms with Gasteiger partial charge in [0, 0.05) is 18.1 Å². The molecule has 0 unspecified atom stereocenters. The molecule has 1 N–H and O–H groups in total. The molecule has 1 aromatic heterocycles. The summed E-state index contributed by atoms with van der Waals surface area (Å²) >= 11 is 5.95. The van der Waals surface area contributed by atoms with Crippen LogP contribution in [0.4, 0.5) is 0 Å². The van der Waals surface area contributed by atoms with Crippen molar-refractivity contribution >= 4 is 17.5 Å². The van der Waals surface area contributed by atoms with Gasteiger partial charge in [-0.3, -0.25) is 4.79 Å². The van der Waals surface area contributed by atoms with E-state index in [1.54, 1.807) is 10.9 Å². The molecule has 1 aliphatic heterocycles. The van der Waals surface area contributed by atoms with E-state index in [0.717, 1.165) is 49.8 Å². The minimum atomic E-state index is 0.0878. The Hall–Kier alpha value is -1.85. The van der Waals surface area contributed by atoms with Crippen molar-refractivity contribution in [2.45, 2.75) is 26.2 Å². The van der Waals surface area contributed by atoms with Gasteiger partial charge in [-0.15, -0.1) is 0 Å². The number of nitrogens with one attached hydrogen (secondary N) is 1. The Kier molecular flexibility index (Phi) is 5.76. The average molecular weight is 361 g/mol. The Morgan fingerprint density at radius 1 is 1.28 bits per heavy atom. The Morgan fingerprint density at radius 2 is 1.96 bits per heavy atom. The van der Waals surface area contributed by atoms with Crippen LogP contribution in [-0.2, 0) is 0 Å². The van der Waals surface area contributed by atoms with Crippen molar-refractivity contribution in [3.8, 4) is 5.69 Å². The predicted molar refractivity (Wildman–Crippen MR) is 100 cm³/mol. The van der Waals surface area contributed by atoms with Crippen LogP contribution in [0, 0.1) is 12.8 Å². The Morgan fingerprint density at radius 3 is 2.60 bits per heavy atom. The maximum Gasteiger partial charge on any atom is 0.257 e. The van der Waals surface area contributed by atoms with Gasteiger partial charge >= 0.3 is 0 Å². The van der Waals surface area contributed by atoms with Crippen molar-refractivity contribution in [1.82, 2.24) is 20.0 Å². The molecule has 2 heterocycles. The van der Waals surface area contributed by atoms with Crippen LogP contribution in [0.3, 0.4) is 0 Å². The Bertz CT molecular complexity index is 718. The van der Waals surface area contributed by atoms with Gasteiger partial charge in [-0.25, -0.2) is 4.68 Å². The lowest BCUT2D eigenvalue weighted by Crippen LogP contribution is -2.39. The zero-order chi connectivity index (χ0) is 17.8. The number of rotatable bonds is 5. The largest absolute Gasteiger partial charge is 0.339 e. The normalized spacial score (nSPS) is 15.6. The highest BCUT2D eigenvalue weighted by molar-refractivity contribution is 6.30. The monoisotopic (exact) mass is 360 g/mol. The van der Waals surface area contributed by atoms with Gasteiger partial charge < -0.3 is 10.2 Å². The number of benzene rings is 1. The van der Waals surface area contributed by atoms with E-state index in [0.29, 0.717) is 10.6 Å². The molecule has 5 nitrogen and oxygen atoms in total. The molecule has 134 valence electrons. The number of hydrogen-bond acceptors (Lipinski definition) is 3. The number of amides is 1. The van der Waals surface area contributed by atoms with Crippen LogP contribution < -0.4 is 5.32 Å². The lowest BCUT2D eigenvalue weighted by atomic mass is 9.93. The molecule has 3 rings (SSSR count). The Balaban J connectivity index is 1.68. The number of halogens is 1. The summed E-state index contributed by atoms with van der Waals surface area (Å²) in [6.07, 6.45) is 5.03. The van der Waals surface area contributed by atoms with Crippen LogP contribution in [0.25, 0.3) is 5.69 Å². The molecule has 0 radical (unpaired) electrons. The van der Waals surface area contributed by atoms with E-state index in [9.17, 15) is 4.79 Å². The summed E-state index contributed by atoms with van der Waals surface area (Å²) in [4.78, 5) is 14.8. The topological polar surface area (TPSA) is 50.2 Å². The van der Waals surface area contributed by atoms with Crippen LogP contribution in [0.1, 0.15) is 35.3 Å². The second-order valence-electron chi connectivity index (χ2n) is 6.66. The van der Waals surface area contributed by atoms with Gasteiger partial charge in [-0.05, 0) is 70.0 Å². The third-order valence-corrected chi connectivity index (χ3v) is 5.27. The van der Waals surface area contributed by atoms with E-state index in [4.69, 9.17) is 11.6 Å². The second-order valence-corrected chi connectivity index (χ2v) is 7.10. The standard InChI is InChI=1S/C19H25ClN4O/c1-14-18(13-22-24(14)17-5-3-16(20)4-6-17)19(25)23-11-8-15(9-12-23)7-10-21-2/h3-6,13,15,21H,7-12H2,1-2H3. The fraction of sp³-hybridized carbons (Fsp3) is 0.474. The van der Waals surface area contributed by atoms with Crippen LogP contribution in [0.2, 0.25) is 5.02 Å². The van der Waals surface area contributed by atoms with E-state index in [1.165, 1.54) is 6.42 Å². The maximum atomic E-state index is 12.9. The Labute approximate surface area is 154 Å². The molecule has 1 fully saturated rings. The fourth-order valence-corrected chi connectivity index (χ4v) is 3.53. The average Bonchev–Trinajstić information content (AvgIpc) is 3.02. The number of hydrogen-bond donors (Lipinski definition) is 1. The summed E-state index contributed by atoms with van der Waals surface area (Å²) in [6, 6.07) is 7.47. The molecule has 0 spiro atoms. The molecule has 2 aromatic rings. The van der Waals surface area contributed by atoms with Crippen molar-refractivity contribution in [1.29, 1.82) is 0 Å². The van der Waals surface area contributed by atoms with Crippen molar-refractivity contribution in [3.63, 3.8) is 0 Å². The van der Waals surface area contributed by atoms with Gasteiger partial charge in [0.05, 0.1) is 23.1 Å². The van der Waals surface area contributed by atoms with E-state index in [1.807, 2.05) is 43.1 Å². The fourth-order valence-electron chi connectivity index (χ4n) is 3.41. The van der Waals surface area contributed by atoms with E-state index < -0.39 is 0 Å². The molecule has 0 atom stereocenters. The molecule has 0 bridgehead atoms. The smallest absolute Gasteiger partial charge is 0.257 e. The van der Waals surface area contributed by atoms with Gasteiger partial charge in [0.25, 0.3) is 5.91 Å². The summed E-state index contributed by atoms with van der Waals surface area (Å²) in [5.74, 6) is 0.805. The third-order valence-electron chi connectivity index (χ3n) is 5.02. The number of piperidine rings is 1. The summed E-state index contributed by atoms with van der Waals surface area (Å²) in [5, 5.41) is 8.30. The highest BCUT2D eigenvalue weighted by Crippen LogP contribution is 2.23. The SMILES string of the molecule is CNCCC1CCN(C(=O)c2cnn(-c3ccc(Cl)cc3)c2C)CC1. The van der Waals surface area contributed by atoms with Crippen molar-refractivity contribution in [3.05, 3.63) is 46.7 Å². The van der Waals surface area contributed by atoms with Crippen LogP contribution in [0.5, 0.6) is 0 Å². The van der Waals surface area contributed by atoms with Gasteiger partial charge in [-0.2, -0.15) is 5.10 Å². The minimum absolute atomic E-state index is 0.0878. The van der Waals surface area contributed by atoms with E-state index in [2.05, 4.69) is 10.4 Å². The zero-order valence-electron chi connectivity index (χ0n) is 14.8. The molecule has 1 amide bonds. The number of nitrogens with zero attached hydrogens (tertiary/aromatic N) is 3. The van der Waals surface area contributed by atoms with Gasteiger partial charge in [0.15, 0.2) is 0 Å². The first-order valence-corrected chi connectivity index (χ1v) is 9.22. The van der Waals surface area contributed by atoms with Crippen LogP contribution >= 0.6 is 11.6 Å². The quantitative estimate of drug-likeness (QED) is 0.890. The predicted octanol–water partition coefficient (Wildman–Crippen LogP) is 3.30. The van der Waals surface area contributed by atoms with Crippen molar-refractivity contribution in [2.75, 3.05) is 26.7 Å². The van der Waals surface area contributed by atoms with Gasteiger partial charge in [-0.1, -0.05) is 11.6 Å². The lowest BCUT2D eigenvalue weighted by molar-refractivity contribution is 0.0686. The van der Waals surface area contributed by atoms with Crippen molar-refractivity contribution in [2.24, 2.45) is 5.92 Å². The molecule has 0 aliphatic carbocycles. The second kappa shape index (κ2) is 8.02. The first-order chi connectivity index (χ1) is 12.1. The van der Waals surface area contributed by atoms with E-state index in [-0.39, 0.29) is 5.91 Å². The first-order valence-electron chi connectivity index (χ1n) is 8.84. The number of carbonyl (C=O) groups is 1.